The van der Waals surface area contributed by atoms with Gasteiger partial charge in [0.05, 0.1) is 11.4 Å². The fraction of sp³-hybridized carbons (Fsp3) is 0.269. The molecule has 1 heterocycles. The molecular formula is C26H27NO. The van der Waals surface area contributed by atoms with Crippen LogP contribution >= 0.6 is 0 Å². The zero-order valence-corrected chi connectivity index (χ0v) is 17.6. The van der Waals surface area contributed by atoms with Crippen molar-refractivity contribution in [1.29, 1.82) is 0 Å². The third-order valence-electron chi connectivity index (χ3n) is 5.99. The van der Waals surface area contributed by atoms with Crippen molar-refractivity contribution in [3.05, 3.63) is 82.1 Å². The summed E-state index contributed by atoms with van der Waals surface area (Å²) in [5.41, 5.74) is 9.36. The number of anilines is 2. The number of fused-ring (bicyclic) bond motifs is 3. The van der Waals surface area contributed by atoms with Crippen molar-refractivity contribution in [3.63, 3.8) is 0 Å². The average molecular weight is 370 g/mol. The lowest BCUT2D eigenvalue weighted by molar-refractivity contribution is -0.104. The van der Waals surface area contributed by atoms with Crippen LogP contribution in [0.15, 0.2) is 54.2 Å². The van der Waals surface area contributed by atoms with E-state index in [2.05, 4.69) is 88.9 Å². The van der Waals surface area contributed by atoms with Crippen LogP contribution in [0.3, 0.4) is 0 Å². The van der Waals surface area contributed by atoms with Crippen molar-refractivity contribution in [2.24, 2.45) is 0 Å². The summed E-state index contributed by atoms with van der Waals surface area (Å²) in [7, 11) is 0. The van der Waals surface area contributed by atoms with E-state index < -0.39 is 0 Å². The average Bonchev–Trinajstić information content (AvgIpc) is 2.82. The van der Waals surface area contributed by atoms with Crippen molar-refractivity contribution in [1.82, 2.24) is 0 Å². The maximum absolute atomic E-state index is 11.6. The highest BCUT2D eigenvalue weighted by atomic mass is 16.1. The number of benzene rings is 3. The quantitative estimate of drug-likeness (QED) is 0.375. The van der Waals surface area contributed by atoms with Crippen LogP contribution in [-0.4, -0.2) is 6.29 Å². The fourth-order valence-electron chi connectivity index (χ4n) is 4.93. The second kappa shape index (κ2) is 6.34. The Labute approximate surface area is 167 Å². The van der Waals surface area contributed by atoms with E-state index >= 15 is 0 Å². The first-order chi connectivity index (χ1) is 13.3. The Morgan fingerprint density at radius 3 is 2.18 bits per heavy atom. The Bertz CT molecular complexity index is 1130. The highest BCUT2D eigenvalue weighted by Gasteiger charge is 2.42. The van der Waals surface area contributed by atoms with Gasteiger partial charge in [-0.3, -0.25) is 4.79 Å². The summed E-state index contributed by atoms with van der Waals surface area (Å²) >= 11 is 0. The molecular weight excluding hydrogens is 342 g/mol. The minimum Gasteiger partial charge on any atom is -0.312 e. The van der Waals surface area contributed by atoms with Gasteiger partial charge in [-0.05, 0) is 67.3 Å². The lowest BCUT2D eigenvalue weighted by Crippen LogP contribution is -2.24. The molecule has 0 amide bonds. The summed E-state index contributed by atoms with van der Waals surface area (Å²) in [5, 5.41) is 2.51. The fourth-order valence-corrected chi connectivity index (χ4v) is 4.93. The number of rotatable bonds is 2. The SMILES string of the molecule is Cc1cc(C)c(N2/C(=C/C=O)C(C)(C)c3c2ccc2cc(C)ccc32)c(C)c1. The Morgan fingerprint density at radius 2 is 1.54 bits per heavy atom. The first kappa shape index (κ1) is 18.5. The van der Waals surface area contributed by atoms with E-state index in [-0.39, 0.29) is 5.41 Å². The molecule has 0 aliphatic carbocycles. The van der Waals surface area contributed by atoms with Gasteiger partial charge in [-0.2, -0.15) is 0 Å². The molecule has 3 aromatic carbocycles. The van der Waals surface area contributed by atoms with Crippen molar-refractivity contribution < 1.29 is 4.79 Å². The number of nitrogens with zero attached hydrogens (tertiary/aromatic N) is 1. The van der Waals surface area contributed by atoms with Crippen LogP contribution in [0.5, 0.6) is 0 Å². The molecule has 0 N–H and O–H groups in total. The van der Waals surface area contributed by atoms with Crippen molar-refractivity contribution in [2.75, 3.05) is 4.90 Å². The summed E-state index contributed by atoms with van der Waals surface area (Å²) in [5.74, 6) is 0. The summed E-state index contributed by atoms with van der Waals surface area (Å²) in [6.45, 7) is 13.0. The lowest BCUT2D eigenvalue weighted by atomic mass is 9.81. The van der Waals surface area contributed by atoms with Gasteiger partial charge in [-0.15, -0.1) is 0 Å². The predicted octanol–water partition coefficient (Wildman–Crippen LogP) is 6.59. The molecule has 2 nitrogen and oxygen atoms in total. The van der Waals surface area contributed by atoms with E-state index in [1.54, 1.807) is 6.08 Å². The first-order valence-electron chi connectivity index (χ1n) is 9.83. The molecule has 0 unspecified atom stereocenters. The van der Waals surface area contributed by atoms with Crippen LogP contribution in [0.2, 0.25) is 0 Å². The molecule has 0 spiro atoms. The number of allylic oxidation sites excluding steroid dienone is 2. The topological polar surface area (TPSA) is 20.3 Å². The standard InChI is InChI=1S/C26H27NO/c1-16-7-9-21-20(15-16)8-10-22-24(21)26(5,6)23(11-12-28)27(22)25-18(3)13-17(2)14-19(25)4/h7-15H,1-6H3/b23-11+. The van der Waals surface area contributed by atoms with Crippen molar-refractivity contribution in [2.45, 2.75) is 47.0 Å². The molecule has 1 aliphatic heterocycles. The Morgan fingerprint density at radius 1 is 0.857 bits per heavy atom. The van der Waals surface area contributed by atoms with Crippen LogP contribution in [-0.2, 0) is 10.2 Å². The van der Waals surface area contributed by atoms with Gasteiger partial charge < -0.3 is 4.90 Å². The molecule has 1 aliphatic rings. The van der Waals surface area contributed by atoms with Gasteiger partial charge >= 0.3 is 0 Å². The van der Waals surface area contributed by atoms with E-state index in [4.69, 9.17) is 0 Å². The molecule has 28 heavy (non-hydrogen) atoms. The minimum absolute atomic E-state index is 0.269. The summed E-state index contributed by atoms with van der Waals surface area (Å²) < 4.78 is 0. The summed E-state index contributed by atoms with van der Waals surface area (Å²) in [6, 6.07) is 15.5. The van der Waals surface area contributed by atoms with E-state index in [1.807, 2.05) is 0 Å². The minimum atomic E-state index is -0.269. The molecule has 2 heteroatoms. The van der Waals surface area contributed by atoms with Gasteiger partial charge in [-0.25, -0.2) is 0 Å². The molecule has 4 rings (SSSR count). The highest BCUT2D eigenvalue weighted by molar-refractivity contribution is 5.98. The maximum atomic E-state index is 11.6. The second-order valence-corrected chi connectivity index (χ2v) is 8.58. The molecule has 0 aromatic heterocycles. The van der Waals surface area contributed by atoms with Gasteiger partial charge in [0.1, 0.15) is 6.29 Å². The number of aryl methyl sites for hydroxylation is 4. The normalized spacial score (nSPS) is 16.6. The highest BCUT2D eigenvalue weighted by Crippen LogP contribution is 2.54. The second-order valence-electron chi connectivity index (χ2n) is 8.58. The molecule has 3 aromatic rings. The summed E-state index contributed by atoms with van der Waals surface area (Å²) in [6.07, 6.45) is 2.65. The maximum Gasteiger partial charge on any atom is 0.144 e. The first-order valence-corrected chi connectivity index (χ1v) is 9.83. The van der Waals surface area contributed by atoms with Crippen LogP contribution in [0, 0.1) is 27.7 Å². The number of hydrogen-bond donors (Lipinski definition) is 0. The Balaban J connectivity index is 2.11. The van der Waals surface area contributed by atoms with E-state index in [1.165, 1.54) is 50.0 Å². The van der Waals surface area contributed by atoms with Gasteiger partial charge in [0.15, 0.2) is 0 Å². The molecule has 0 fully saturated rings. The molecule has 0 saturated carbocycles. The zero-order chi connectivity index (χ0) is 20.2. The predicted molar refractivity (Wildman–Crippen MR) is 119 cm³/mol. The number of aldehydes is 1. The van der Waals surface area contributed by atoms with Gasteiger partial charge in [0, 0.05) is 11.1 Å². The van der Waals surface area contributed by atoms with Crippen LogP contribution in [0.4, 0.5) is 11.4 Å². The Kier molecular flexibility index (Phi) is 4.19. The monoisotopic (exact) mass is 369 g/mol. The van der Waals surface area contributed by atoms with Gasteiger partial charge in [0.2, 0.25) is 0 Å². The number of carbonyl (C=O) groups excluding carboxylic acids is 1. The van der Waals surface area contributed by atoms with Crippen LogP contribution in [0.1, 0.15) is 41.7 Å². The lowest BCUT2D eigenvalue weighted by Gasteiger charge is -2.29. The molecule has 0 atom stereocenters. The van der Waals surface area contributed by atoms with Crippen molar-refractivity contribution >= 4 is 28.4 Å². The third kappa shape index (κ3) is 2.59. The third-order valence-corrected chi connectivity index (χ3v) is 5.99. The van der Waals surface area contributed by atoms with E-state index in [9.17, 15) is 4.79 Å². The Hall–Kier alpha value is -2.87. The van der Waals surface area contributed by atoms with Gasteiger partial charge in [0.25, 0.3) is 0 Å². The van der Waals surface area contributed by atoms with Crippen molar-refractivity contribution in [3.8, 4) is 0 Å². The van der Waals surface area contributed by atoms with E-state index in [0.29, 0.717) is 0 Å². The molecule has 142 valence electrons. The molecule has 0 radical (unpaired) electrons. The largest absolute Gasteiger partial charge is 0.312 e. The van der Waals surface area contributed by atoms with Gasteiger partial charge in [-0.1, -0.05) is 61.4 Å². The van der Waals surface area contributed by atoms with Crippen LogP contribution in [0.25, 0.3) is 10.8 Å². The molecule has 0 saturated heterocycles. The summed E-state index contributed by atoms with van der Waals surface area (Å²) in [4.78, 5) is 13.9. The number of carbonyl (C=O) groups is 1. The number of hydrogen-bond acceptors (Lipinski definition) is 2. The zero-order valence-electron chi connectivity index (χ0n) is 17.6. The smallest absolute Gasteiger partial charge is 0.144 e. The molecule has 0 bridgehead atoms. The van der Waals surface area contributed by atoms with E-state index in [0.717, 1.165) is 12.0 Å². The van der Waals surface area contributed by atoms with Crippen LogP contribution < -0.4 is 4.90 Å².